The van der Waals surface area contributed by atoms with Crippen LogP contribution in [0.1, 0.15) is 24.8 Å². The van der Waals surface area contributed by atoms with Crippen LogP contribution in [-0.2, 0) is 13.0 Å². The van der Waals surface area contributed by atoms with Crippen molar-refractivity contribution in [1.82, 2.24) is 14.5 Å². The van der Waals surface area contributed by atoms with Crippen molar-refractivity contribution in [2.45, 2.75) is 32.2 Å². The summed E-state index contributed by atoms with van der Waals surface area (Å²) in [5.41, 5.74) is 1.38. The predicted molar refractivity (Wildman–Crippen MR) is 91.2 cm³/mol. The van der Waals surface area contributed by atoms with Crippen molar-refractivity contribution in [2.75, 3.05) is 19.6 Å². The Morgan fingerprint density at radius 2 is 1.86 bits per heavy atom. The Labute approximate surface area is 137 Å². The molecule has 1 aromatic carbocycles. The van der Waals surface area contributed by atoms with Crippen molar-refractivity contribution in [3.8, 4) is 0 Å². The zero-order valence-corrected chi connectivity index (χ0v) is 13.8. The number of nitrogens with zero attached hydrogens (tertiary/aromatic N) is 3. The van der Waals surface area contributed by atoms with Gasteiger partial charge in [0.2, 0.25) is 0 Å². The fraction of sp³-hybridized carbons (Fsp3) is 0.500. The number of likely N-dealkylation sites (tertiary alicyclic amines) is 1. The monoisotopic (exact) mass is 317 g/mol. The van der Waals surface area contributed by atoms with Crippen molar-refractivity contribution in [1.29, 1.82) is 0 Å². The van der Waals surface area contributed by atoms with Crippen LogP contribution in [0.15, 0.2) is 43.0 Å². The summed E-state index contributed by atoms with van der Waals surface area (Å²) in [6.07, 6.45) is 10.9. The summed E-state index contributed by atoms with van der Waals surface area (Å²) in [5.74, 6) is 0.870. The number of halogens is 1. The normalized spacial score (nSPS) is 17.0. The lowest BCUT2D eigenvalue weighted by Gasteiger charge is -2.32. The van der Waals surface area contributed by atoms with Crippen LogP contribution in [-0.4, -0.2) is 34.1 Å². The molecule has 0 saturated carbocycles. The molecule has 0 aliphatic carbocycles. The minimum atomic E-state index is 0.822. The highest BCUT2D eigenvalue weighted by molar-refractivity contribution is 6.30. The third-order valence-corrected chi connectivity index (χ3v) is 4.94. The zero-order chi connectivity index (χ0) is 15.2. The van der Waals surface area contributed by atoms with Crippen molar-refractivity contribution in [3.05, 3.63) is 53.6 Å². The number of benzene rings is 1. The van der Waals surface area contributed by atoms with Gasteiger partial charge in [-0.2, -0.15) is 0 Å². The van der Waals surface area contributed by atoms with Gasteiger partial charge in [-0.05, 0) is 62.4 Å². The molecule has 118 valence electrons. The van der Waals surface area contributed by atoms with E-state index in [-0.39, 0.29) is 0 Å². The van der Waals surface area contributed by atoms with E-state index in [1.807, 2.05) is 24.7 Å². The molecule has 0 radical (unpaired) electrons. The fourth-order valence-electron chi connectivity index (χ4n) is 3.19. The van der Waals surface area contributed by atoms with Crippen molar-refractivity contribution < 1.29 is 0 Å². The maximum absolute atomic E-state index is 5.93. The van der Waals surface area contributed by atoms with Crippen LogP contribution >= 0.6 is 11.6 Å². The average Bonchev–Trinajstić information content (AvgIpc) is 3.07. The molecule has 0 unspecified atom stereocenters. The highest BCUT2D eigenvalue weighted by atomic mass is 35.5. The molecule has 2 heterocycles. The van der Waals surface area contributed by atoms with Crippen molar-refractivity contribution in [2.24, 2.45) is 5.92 Å². The quantitative estimate of drug-likeness (QED) is 0.806. The fourth-order valence-corrected chi connectivity index (χ4v) is 3.31. The molecule has 3 rings (SSSR count). The van der Waals surface area contributed by atoms with Crippen LogP contribution < -0.4 is 0 Å². The van der Waals surface area contributed by atoms with Gasteiger partial charge in [0.15, 0.2) is 0 Å². The van der Waals surface area contributed by atoms with E-state index in [4.69, 9.17) is 11.6 Å². The molecule has 0 atom stereocenters. The molecule has 1 aromatic heterocycles. The maximum atomic E-state index is 5.93. The number of imidazole rings is 1. The second kappa shape index (κ2) is 7.80. The SMILES string of the molecule is Clc1ccc(CCN2CCC(CCn3ccnc3)CC2)cc1. The Bertz CT molecular complexity index is 542. The molecule has 4 heteroatoms. The molecular weight excluding hydrogens is 294 g/mol. The van der Waals surface area contributed by atoms with Gasteiger partial charge in [0.25, 0.3) is 0 Å². The van der Waals surface area contributed by atoms with Crippen LogP contribution in [0.3, 0.4) is 0 Å². The molecule has 1 fully saturated rings. The molecule has 0 spiro atoms. The van der Waals surface area contributed by atoms with Crippen molar-refractivity contribution >= 4 is 11.6 Å². The van der Waals surface area contributed by atoms with E-state index in [1.54, 1.807) is 0 Å². The summed E-state index contributed by atoms with van der Waals surface area (Å²) >= 11 is 5.93. The number of rotatable bonds is 6. The first-order valence-corrected chi connectivity index (χ1v) is 8.60. The number of hydrogen-bond acceptors (Lipinski definition) is 2. The van der Waals surface area contributed by atoms with Gasteiger partial charge in [0, 0.05) is 30.5 Å². The minimum absolute atomic E-state index is 0.822. The number of aryl methyl sites for hydroxylation is 1. The summed E-state index contributed by atoms with van der Waals surface area (Å²) < 4.78 is 2.19. The Balaban J connectivity index is 1.35. The first-order valence-electron chi connectivity index (χ1n) is 8.22. The molecule has 3 nitrogen and oxygen atoms in total. The van der Waals surface area contributed by atoms with Crippen LogP contribution in [0.25, 0.3) is 0 Å². The van der Waals surface area contributed by atoms with Gasteiger partial charge in [-0.25, -0.2) is 4.98 Å². The first-order chi connectivity index (χ1) is 10.8. The highest BCUT2D eigenvalue weighted by Crippen LogP contribution is 2.21. The Morgan fingerprint density at radius 3 is 2.55 bits per heavy atom. The van der Waals surface area contributed by atoms with Gasteiger partial charge in [0.05, 0.1) is 6.33 Å². The highest BCUT2D eigenvalue weighted by Gasteiger charge is 2.18. The predicted octanol–water partition coefficient (Wildman–Crippen LogP) is 3.88. The largest absolute Gasteiger partial charge is 0.337 e. The molecule has 1 aliphatic heterocycles. The Morgan fingerprint density at radius 1 is 1.09 bits per heavy atom. The molecule has 1 aliphatic rings. The molecule has 0 bridgehead atoms. The lowest BCUT2D eigenvalue weighted by Crippen LogP contribution is -2.35. The summed E-state index contributed by atoms with van der Waals surface area (Å²) in [6, 6.07) is 8.25. The van der Waals surface area contributed by atoms with Crippen molar-refractivity contribution in [3.63, 3.8) is 0 Å². The van der Waals surface area contributed by atoms with E-state index in [0.717, 1.165) is 30.5 Å². The summed E-state index contributed by atoms with van der Waals surface area (Å²) in [4.78, 5) is 6.70. The van der Waals surface area contributed by atoms with Gasteiger partial charge in [-0.3, -0.25) is 0 Å². The number of piperidine rings is 1. The molecular formula is C18H24ClN3. The third-order valence-electron chi connectivity index (χ3n) is 4.69. The summed E-state index contributed by atoms with van der Waals surface area (Å²) in [7, 11) is 0. The van der Waals surface area contributed by atoms with Crippen LogP contribution in [0.5, 0.6) is 0 Å². The molecule has 1 saturated heterocycles. The van der Waals surface area contributed by atoms with Crippen LogP contribution in [0, 0.1) is 5.92 Å². The summed E-state index contributed by atoms with van der Waals surface area (Å²) in [6.45, 7) is 4.75. The van der Waals surface area contributed by atoms with Gasteiger partial charge in [0.1, 0.15) is 0 Å². The smallest absolute Gasteiger partial charge is 0.0945 e. The van der Waals surface area contributed by atoms with Gasteiger partial charge >= 0.3 is 0 Å². The molecule has 0 N–H and O–H groups in total. The van der Waals surface area contributed by atoms with Gasteiger partial charge < -0.3 is 9.47 Å². The maximum Gasteiger partial charge on any atom is 0.0945 e. The molecule has 0 amide bonds. The lowest BCUT2D eigenvalue weighted by molar-refractivity contribution is 0.177. The van der Waals surface area contributed by atoms with E-state index in [1.165, 1.54) is 37.9 Å². The minimum Gasteiger partial charge on any atom is -0.337 e. The zero-order valence-electron chi connectivity index (χ0n) is 13.0. The third kappa shape index (κ3) is 4.59. The van der Waals surface area contributed by atoms with Gasteiger partial charge in [-0.15, -0.1) is 0 Å². The first kappa shape index (κ1) is 15.6. The van der Waals surface area contributed by atoms with E-state index in [0.29, 0.717) is 0 Å². The second-order valence-corrected chi connectivity index (χ2v) is 6.69. The molecule has 22 heavy (non-hydrogen) atoms. The average molecular weight is 318 g/mol. The lowest BCUT2D eigenvalue weighted by atomic mass is 9.93. The summed E-state index contributed by atoms with van der Waals surface area (Å²) in [5, 5.41) is 0.822. The van der Waals surface area contributed by atoms with E-state index in [2.05, 4.69) is 32.8 Å². The van der Waals surface area contributed by atoms with E-state index >= 15 is 0 Å². The standard InChI is InChI=1S/C18H24ClN3/c19-18-3-1-16(2-4-18)5-10-21-11-6-17(7-12-21)8-13-22-14-9-20-15-22/h1-4,9,14-15,17H,5-8,10-13H2. The van der Waals surface area contributed by atoms with Crippen LogP contribution in [0.4, 0.5) is 0 Å². The number of hydrogen-bond donors (Lipinski definition) is 0. The van der Waals surface area contributed by atoms with E-state index < -0.39 is 0 Å². The Hall–Kier alpha value is -1.32. The Kier molecular flexibility index (Phi) is 5.52. The van der Waals surface area contributed by atoms with Crippen LogP contribution in [0.2, 0.25) is 5.02 Å². The van der Waals surface area contributed by atoms with E-state index in [9.17, 15) is 0 Å². The van der Waals surface area contributed by atoms with Gasteiger partial charge in [-0.1, -0.05) is 23.7 Å². The second-order valence-electron chi connectivity index (χ2n) is 6.25. The number of aromatic nitrogens is 2. The topological polar surface area (TPSA) is 21.1 Å². The molecule has 2 aromatic rings.